The van der Waals surface area contributed by atoms with Crippen molar-refractivity contribution in [1.29, 1.82) is 0 Å². The van der Waals surface area contributed by atoms with E-state index in [1.807, 2.05) is 12.1 Å². The summed E-state index contributed by atoms with van der Waals surface area (Å²) in [7, 11) is 3.09. The van der Waals surface area contributed by atoms with Crippen molar-refractivity contribution >= 4 is 16.8 Å². The Morgan fingerprint density at radius 2 is 1.85 bits per heavy atom. The normalized spacial score (nSPS) is 10.5. The lowest BCUT2D eigenvalue weighted by molar-refractivity contribution is 0.107. The van der Waals surface area contributed by atoms with Gasteiger partial charge in [-0.1, -0.05) is 5.16 Å². The highest BCUT2D eigenvalue weighted by atomic mass is 35.5. The summed E-state index contributed by atoms with van der Waals surface area (Å²) in [5.41, 5.74) is 1.31. The highest BCUT2D eigenvalue weighted by Gasteiger charge is 2.25. The van der Waals surface area contributed by atoms with E-state index >= 15 is 0 Å². The number of carbonyl (C=O) groups excluding carboxylic acids is 1. The smallest absolute Gasteiger partial charge is 0.265 e. The molecule has 1 heterocycles. The molecule has 8 heteroatoms. The third kappa shape index (κ3) is 3.73. The molecule has 0 aliphatic carbocycles. The van der Waals surface area contributed by atoms with Gasteiger partial charge in [-0.25, -0.2) is 0 Å². The van der Waals surface area contributed by atoms with E-state index in [0.29, 0.717) is 23.7 Å². The molecule has 0 amide bonds. The maximum Gasteiger partial charge on any atom is 0.265 e. The van der Waals surface area contributed by atoms with Crippen LogP contribution >= 0.6 is 11.6 Å². The minimum absolute atomic E-state index is 0.154. The number of ether oxygens (including phenoxy) is 3. The Balaban J connectivity index is 2.11. The molecule has 0 atom stereocenters. The van der Waals surface area contributed by atoms with Crippen LogP contribution in [0.2, 0.25) is 0 Å². The van der Waals surface area contributed by atoms with Gasteiger partial charge in [0, 0.05) is 5.56 Å². The second-order valence-electron chi connectivity index (χ2n) is 5.38. The van der Waals surface area contributed by atoms with Crippen molar-refractivity contribution in [3.8, 4) is 40.1 Å². The summed E-state index contributed by atoms with van der Waals surface area (Å²) >= 11 is 5.69. The number of carbonyl (C=O) groups is 1. The summed E-state index contributed by atoms with van der Waals surface area (Å²) in [6.45, 7) is 2.11. The Morgan fingerprint density at radius 3 is 2.44 bits per heavy atom. The first-order valence-corrected chi connectivity index (χ1v) is 8.49. The molecule has 3 aromatic rings. The molecule has 27 heavy (non-hydrogen) atoms. The Hall–Kier alpha value is -3.06. The van der Waals surface area contributed by atoms with Crippen LogP contribution in [0.15, 0.2) is 40.9 Å². The average Bonchev–Trinajstić information content (AvgIpc) is 3.17. The molecule has 0 unspecified atom stereocenters. The van der Waals surface area contributed by atoms with E-state index in [4.69, 9.17) is 30.3 Å². The van der Waals surface area contributed by atoms with Crippen LogP contribution in [0.5, 0.6) is 17.2 Å². The summed E-state index contributed by atoms with van der Waals surface area (Å²) in [6, 6.07) is 10.3. The molecule has 1 aromatic heterocycles. The molecule has 2 aromatic carbocycles. The first-order chi connectivity index (χ1) is 13.1. The molecule has 0 N–H and O–H groups in total. The van der Waals surface area contributed by atoms with Crippen LogP contribution in [0.1, 0.15) is 17.3 Å². The maximum absolute atomic E-state index is 11.8. The van der Waals surface area contributed by atoms with Crippen LogP contribution in [0.3, 0.4) is 0 Å². The largest absolute Gasteiger partial charge is 0.497 e. The van der Waals surface area contributed by atoms with Gasteiger partial charge in [0.1, 0.15) is 22.8 Å². The van der Waals surface area contributed by atoms with Gasteiger partial charge in [-0.15, -0.1) is 0 Å². The SMILES string of the molecule is CCOc1c(C(=O)Cl)ccc(OC)c1-c1nc(-c2ccc(OC)cc2)no1. The van der Waals surface area contributed by atoms with Crippen molar-refractivity contribution in [2.45, 2.75) is 6.92 Å². The quantitative estimate of drug-likeness (QED) is 0.561. The van der Waals surface area contributed by atoms with Gasteiger partial charge in [-0.3, -0.25) is 4.79 Å². The average molecular weight is 389 g/mol. The predicted octanol–water partition coefficient (Wildman–Crippen LogP) is 4.20. The van der Waals surface area contributed by atoms with Crippen molar-refractivity contribution in [2.75, 3.05) is 20.8 Å². The molecule has 0 radical (unpaired) electrons. The van der Waals surface area contributed by atoms with E-state index in [1.54, 1.807) is 32.2 Å². The first-order valence-electron chi connectivity index (χ1n) is 8.11. The molecule has 0 bridgehead atoms. The molecule has 7 nitrogen and oxygen atoms in total. The standard InChI is InChI=1S/C19H17ClN2O5/c1-4-26-16-13(17(20)23)9-10-14(25-3)15(16)19-21-18(22-27-19)11-5-7-12(24-2)8-6-11/h5-10H,4H2,1-3H3. The summed E-state index contributed by atoms with van der Waals surface area (Å²) in [4.78, 5) is 16.2. The van der Waals surface area contributed by atoms with Crippen LogP contribution < -0.4 is 14.2 Å². The zero-order valence-corrected chi connectivity index (χ0v) is 15.7. The van der Waals surface area contributed by atoms with Gasteiger partial charge in [0.25, 0.3) is 11.1 Å². The molecule has 140 valence electrons. The fourth-order valence-corrected chi connectivity index (χ4v) is 2.72. The molecule has 0 fully saturated rings. The van der Waals surface area contributed by atoms with Gasteiger partial charge < -0.3 is 18.7 Å². The molecule has 0 aliphatic rings. The minimum atomic E-state index is -0.655. The fourth-order valence-electron chi connectivity index (χ4n) is 2.57. The van der Waals surface area contributed by atoms with Gasteiger partial charge >= 0.3 is 0 Å². The maximum atomic E-state index is 11.8. The second kappa shape index (κ2) is 8.09. The Morgan fingerprint density at radius 1 is 1.11 bits per heavy atom. The van der Waals surface area contributed by atoms with Gasteiger partial charge in [-0.2, -0.15) is 4.98 Å². The number of halogens is 1. The molecule has 3 rings (SSSR count). The number of hydrogen-bond acceptors (Lipinski definition) is 7. The van der Waals surface area contributed by atoms with Gasteiger partial charge in [0.2, 0.25) is 5.82 Å². The monoisotopic (exact) mass is 388 g/mol. The van der Waals surface area contributed by atoms with Crippen LogP contribution in [0.4, 0.5) is 0 Å². The highest BCUT2D eigenvalue weighted by molar-refractivity contribution is 6.68. The predicted molar refractivity (Wildman–Crippen MR) is 99.6 cm³/mol. The topological polar surface area (TPSA) is 83.7 Å². The summed E-state index contributed by atoms with van der Waals surface area (Å²) < 4.78 is 21.6. The van der Waals surface area contributed by atoms with Gasteiger partial charge in [0.05, 0.1) is 26.4 Å². The summed E-state index contributed by atoms with van der Waals surface area (Å²) in [5.74, 6) is 1.91. The molecule has 0 spiro atoms. The number of nitrogens with zero attached hydrogens (tertiary/aromatic N) is 2. The Labute approximate surface area is 160 Å². The van der Waals surface area contributed by atoms with Gasteiger partial charge in [-0.05, 0) is 54.9 Å². The molecule has 0 saturated carbocycles. The fraction of sp³-hybridized carbons (Fsp3) is 0.211. The number of methoxy groups -OCH3 is 2. The summed E-state index contributed by atoms with van der Waals surface area (Å²) in [5, 5.41) is 3.36. The number of hydrogen-bond donors (Lipinski definition) is 0. The first kappa shape index (κ1) is 18.7. The third-order valence-electron chi connectivity index (χ3n) is 3.83. The number of aromatic nitrogens is 2. The lowest BCUT2D eigenvalue weighted by Gasteiger charge is -2.14. The summed E-state index contributed by atoms with van der Waals surface area (Å²) in [6.07, 6.45) is 0. The zero-order valence-electron chi connectivity index (χ0n) is 15.0. The van der Waals surface area contributed by atoms with Crippen molar-refractivity contribution in [2.24, 2.45) is 0 Å². The van der Waals surface area contributed by atoms with Crippen molar-refractivity contribution in [3.05, 3.63) is 42.0 Å². The molecular weight excluding hydrogens is 372 g/mol. The lowest BCUT2D eigenvalue weighted by Crippen LogP contribution is -2.03. The van der Waals surface area contributed by atoms with Crippen LogP contribution in [0.25, 0.3) is 22.8 Å². The zero-order chi connectivity index (χ0) is 19.4. The van der Waals surface area contributed by atoms with Crippen molar-refractivity contribution in [3.63, 3.8) is 0 Å². The van der Waals surface area contributed by atoms with Crippen molar-refractivity contribution in [1.82, 2.24) is 10.1 Å². The minimum Gasteiger partial charge on any atom is -0.497 e. The molecule has 0 aliphatic heterocycles. The van der Waals surface area contributed by atoms with E-state index in [0.717, 1.165) is 11.3 Å². The van der Waals surface area contributed by atoms with Crippen LogP contribution in [-0.4, -0.2) is 36.2 Å². The number of rotatable bonds is 7. The van der Waals surface area contributed by atoms with E-state index in [1.165, 1.54) is 13.2 Å². The lowest BCUT2D eigenvalue weighted by atomic mass is 10.1. The van der Waals surface area contributed by atoms with Crippen LogP contribution in [0, 0.1) is 0 Å². The third-order valence-corrected chi connectivity index (χ3v) is 4.03. The van der Waals surface area contributed by atoms with E-state index in [9.17, 15) is 4.79 Å². The van der Waals surface area contributed by atoms with Gasteiger partial charge in [0.15, 0.2) is 0 Å². The van der Waals surface area contributed by atoms with E-state index < -0.39 is 5.24 Å². The highest BCUT2D eigenvalue weighted by Crippen LogP contribution is 2.41. The van der Waals surface area contributed by atoms with E-state index in [-0.39, 0.29) is 17.2 Å². The Kier molecular flexibility index (Phi) is 5.61. The molecule has 0 saturated heterocycles. The van der Waals surface area contributed by atoms with E-state index in [2.05, 4.69) is 10.1 Å². The molecular formula is C19H17ClN2O5. The number of benzene rings is 2. The Bertz CT molecular complexity index is 953. The second-order valence-corrected chi connectivity index (χ2v) is 5.72. The van der Waals surface area contributed by atoms with Crippen LogP contribution in [-0.2, 0) is 0 Å². The van der Waals surface area contributed by atoms with Crippen molar-refractivity contribution < 1.29 is 23.5 Å².